The molecule has 0 bridgehead atoms. The normalized spacial score (nSPS) is 20.9. The van der Waals surface area contributed by atoms with Gasteiger partial charge >= 0.3 is 0 Å². The zero-order chi connectivity index (χ0) is 10.7. The molecule has 0 heterocycles. The minimum Gasteiger partial charge on any atom is -0.497 e. The first-order valence-electron chi connectivity index (χ1n) is 5.29. The van der Waals surface area contributed by atoms with E-state index in [4.69, 9.17) is 16.3 Å². The highest BCUT2D eigenvalue weighted by atomic mass is 35.5. The Morgan fingerprint density at radius 1 is 1.27 bits per heavy atom. The molecule has 1 nitrogen and oxygen atoms in total. The maximum atomic E-state index is 6.12. The van der Waals surface area contributed by atoms with Crippen LogP contribution < -0.4 is 4.74 Å². The molecule has 2 rings (SSSR count). The Labute approximate surface area is 95.7 Å². The molecule has 0 spiro atoms. The van der Waals surface area contributed by atoms with Gasteiger partial charge in [-0.1, -0.05) is 18.2 Å². The van der Waals surface area contributed by atoms with Crippen LogP contribution in [0, 0.1) is 0 Å². The van der Waals surface area contributed by atoms with Crippen molar-refractivity contribution in [1.82, 2.24) is 0 Å². The number of ether oxygens (including phenoxy) is 1. The van der Waals surface area contributed by atoms with Crippen LogP contribution >= 0.6 is 11.6 Å². The van der Waals surface area contributed by atoms with Crippen molar-refractivity contribution >= 4 is 17.2 Å². The summed E-state index contributed by atoms with van der Waals surface area (Å²) in [5, 5.41) is 0.204. The van der Waals surface area contributed by atoms with Crippen LogP contribution in [0.15, 0.2) is 30.3 Å². The van der Waals surface area contributed by atoms with Crippen molar-refractivity contribution in [2.24, 2.45) is 0 Å². The highest BCUT2D eigenvalue weighted by Crippen LogP contribution is 2.29. The lowest BCUT2D eigenvalue weighted by molar-refractivity contribution is 0.415. The summed E-state index contributed by atoms with van der Waals surface area (Å²) in [6.07, 6.45) is 5.59. The van der Waals surface area contributed by atoms with Gasteiger partial charge in [0.2, 0.25) is 0 Å². The van der Waals surface area contributed by atoms with Gasteiger partial charge in [-0.3, -0.25) is 0 Å². The van der Waals surface area contributed by atoms with Crippen LogP contribution in [0.1, 0.15) is 24.8 Å². The second kappa shape index (κ2) is 4.71. The maximum absolute atomic E-state index is 6.12. The smallest absolute Gasteiger partial charge is 0.118 e. The van der Waals surface area contributed by atoms with Gasteiger partial charge in [-0.05, 0) is 42.5 Å². The van der Waals surface area contributed by atoms with Crippen LogP contribution in [-0.4, -0.2) is 12.5 Å². The number of benzene rings is 1. The molecular weight excluding hydrogens is 208 g/mol. The van der Waals surface area contributed by atoms with E-state index in [9.17, 15) is 0 Å². The summed E-state index contributed by atoms with van der Waals surface area (Å²) in [7, 11) is 1.68. The lowest BCUT2D eigenvalue weighted by Gasteiger charge is -2.16. The van der Waals surface area contributed by atoms with Gasteiger partial charge in [-0.2, -0.15) is 0 Å². The van der Waals surface area contributed by atoms with E-state index in [1.165, 1.54) is 17.6 Å². The second-order valence-corrected chi connectivity index (χ2v) is 4.39. The lowest BCUT2D eigenvalue weighted by Crippen LogP contribution is -2.02. The Kier molecular flexibility index (Phi) is 3.32. The summed E-state index contributed by atoms with van der Waals surface area (Å²) in [6, 6.07) is 8.18. The Morgan fingerprint density at radius 2 is 2.00 bits per heavy atom. The predicted octanol–water partition coefficient (Wildman–Crippen LogP) is 3.87. The fourth-order valence-electron chi connectivity index (χ4n) is 1.92. The van der Waals surface area contributed by atoms with Crippen LogP contribution in [0.3, 0.4) is 0 Å². The molecule has 1 unspecified atom stereocenters. The summed E-state index contributed by atoms with van der Waals surface area (Å²) < 4.78 is 5.13. The molecule has 1 aromatic rings. The van der Waals surface area contributed by atoms with Gasteiger partial charge in [0.1, 0.15) is 5.75 Å². The van der Waals surface area contributed by atoms with Crippen molar-refractivity contribution in [1.29, 1.82) is 0 Å². The Morgan fingerprint density at radius 3 is 2.60 bits per heavy atom. The van der Waals surface area contributed by atoms with E-state index in [0.717, 1.165) is 18.6 Å². The van der Waals surface area contributed by atoms with Gasteiger partial charge in [0.25, 0.3) is 0 Å². The number of alkyl halides is 1. The standard InChI is InChI=1S/C13H15ClO/c1-15-13-7-5-10(6-8-13)11-3-2-4-12(14)9-11/h5-9,12H,2-4H2,1H3. The van der Waals surface area contributed by atoms with Gasteiger partial charge in [-0.25, -0.2) is 0 Å². The van der Waals surface area contributed by atoms with Crippen molar-refractivity contribution in [3.8, 4) is 5.75 Å². The average molecular weight is 223 g/mol. The number of methoxy groups -OCH3 is 1. The van der Waals surface area contributed by atoms with E-state index in [0.29, 0.717) is 0 Å². The quantitative estimate of drug-likeness (QED) is 0.691. The minimum atomic E-state index is 0.204. The van der Waals surface area contributed by atoms with Gasteiger partial charge in [0.15, 0.2) is 0 Å². The third kappa shape index (κ3) is 2.54. The van der Waals surface area contributed by atoms with Gasteiger partial charge in [-0.15, -0.1) is 11.6 Å². The van der Waals surface area contributed by atoms with E-state index in [1.807, 2.05) is 12.1 Å². The minimum absolute atomic E-state index is 0.204. The van der Waals surface area contributed by atoms with Crippen molar-refractivity contribution in [3.05, 3.63) is 35.9 Å². The number of allylic oxidation sites excluding steroid dienone is 2. The largest absolute Gasteiger partial charge is 0.497 e. The zero-order valence-corrected chi connectivity index (χ0v) is 9.63. The molecule has 0 amide bonds. The fourth-order valence-corrected chi connectivity index (χ4v) is 2.22. The molecule has 0 aliphatic heterocycles. The Balaban J connectivity index is 2.21. The number of hydrogen-bond donors (Lipinski definition) is 0. The molecule has 1 atom stereocenters. The summed E-state index contributed by atoms with van der Waals surface area (Å²) in [5.74, 6) is 0.901. The molecule has 0 radical (unpaired) electrons. The van der Waals surface area contributed by atoms with Crippen molar-refractivity contribution in [2.75, 3.05) is 7.11 Å². The van der Waals surface area contributed by atoms with Crippen LogP contribution in [0.25, 0.3) is 5.57 Å². The highest BCUT2D eigenvalue weighted by molar-refractivity contribution is 6.22. The number of hydrogen-bond acceptors (Lipinski definition) is 1. The second-order valence-electron chi connectivity index (χ2n) is 3.83. The molecule has 0 fully saturated rings. The van der Waals surface area contributed by atoms with E-state index >= 15 is 0 Å². The molecule has 0 N–H and O–H groups in total. The molecule has 15 heavy (non-hydrogen) atoms. The van der Waals surface area contributed by atoms with Crippen molar-refractivity contribution < 1.29 is 4.74 Å². The third-order valence-corrected chi connectivity index (χ3v) is 3.11. The SMILES string of the molecule is COc1ccc(C2=CC(Cl)CCC2)cc1. The van der Waals surface area contributed by atoms with Crippen molar-refractivity contribution in [2.45, 2.75) is 24.6 Å². The van der Waals surface area contributed by atoms with E-state index < -0.39 is 0 Å². The molecule has 0 saturated carbocycles. The van der Waals surface area contributed by atoms with Gasteiger partial charge in [0, 0.05) is 0 Å². The van der Waals surface area contributed by atoms with E-state index in [1.54, 1.807) is 7.11 Å². The first-order valence-corrected chi connectivity index (χ1v) is 5.72. The maximum Gasteiger partial charge on any atom is 0.118 e. The first kappa shape index (κ1) is 10.6. The monoisotopic (exact) mass is 222 g/mol. The summed E-state index contributed by atoms with van der Waals surface area (Å²) in [6.45, 7) is 0. The average Bonchev–Trinajstić information content (AvgIpc) is 2.29. The molecule has 0 aromatic heterocycles. The zero-order valence-electron chi connectivity index (χ0n) is 8.87. The van der Waals surface area contributed by atoms with Crippen LogP contribution in [-0.2, 0) is 0 Å². The highest BCUT2D eigenvalue weighted by Gasteiger charge is 2.12. The van der Waals surface area contributed by atoms with Crippen LogP contribution in [0.4, 0.5) is 0 Å². The van der Waals surface area contributed by atoms with Crippen molar-refractivity contribution in [3.63, 3.8) is 0 Å². The molecule has 1 aliphatic rings. The molecule has 1 aliphatic carbocycles. The molecule has 80 valence electrons. The molecule has 1 aromatic carbocycles. The summed E-state index contributed by atoms with van der Waals surface area (Å²) in [4.78, 5) is 0. The van der Waals surface area contributed by atoms with Crippen LogP contribution in [0.5, 0.6) is 5.75 Å². The Bertz CT molecular complexity index is 353. The predicted molar refractivity (Wildman–Crippen MR) is 64.5 cm³/mol. The lowest BCUT2D eigenvalue weighted by atomic mass is 9.93. The topological polar surface area (TPSA) is 9.23 Å². The Hall–Kier alpha value is -0.950. The molecular formula is C13H15ClO. The number of rotatable bonds is 2. The third-order valence-electron chi connectivity index (χ3n) is 2.77. The van der Waals surface area contributed by atoms with Crippen LogP contribution in [0.2, 0.25) is 0 Å². The molecule has 0 saturated heterocycles. The number of halogens is 1. The van der Waals surface area contributed by atoms with E-state index in [2.05, 4.69) is 18.2 Å². The molecule has 2 heteroatoms. The van der Waals surface area contributed by atoms with Gasteiger partial charge < -0.3 is 4.74 Å². The summed E-state index contributed by atoms with van der Waals surface area (Å²) >= 11 is 6.12. The first-order chi connectivity index (χ1) is 7.29. The van der Waals surface area contributed by atoms with Gasteiger partial charge in [0.05, 0.1) is 12.5 Å². The fraction of sp³-hybridized carbons (Fsp3) is 0.385. The summed E-state index contributed by atoms with van der Waals surface area (Å²) in [5.41, 5.74) is 2.63. The van der Waals surface area contributed by atoms with E-state index in [-0.39, 0.29) is 5.38 Å².